The molecule has 0 saturated carbocycles. The number of carbonyl (C=O) groups excluding carboxylic acids is 3. The second-order valence-electron chi connectivity index (χ2n) is 11.2. The predicted molar refractivity (Wildman–Crippen MR) is 166 cm³/mol. The third kappa shape index (κ3) is 3.80. The van der Waals surface area contributed by atoms with Gasteiger partial charge in [-0.25, -0.2) is 0 Å². The molecule has 3 aliphatic rings. The highest BCUT2D eigenvalue weighted by Crippen LogP contribution is 2.58. The van der Waals surface area contributed by atoms with Gasteiger partial charge in [0.2, 0.25) is 5.91 Å². The molecule has 0 aromatic heterocycles. The maximum absolute atomic E-state index is 14.9. The highest BCUT2D eigenvalue weighted by atomic mass is 35.5. The van der Waals surface area contributed by atoms with Crippen LogP contribution in [0.2, 0.25) is 5.02 Å². The Morgan fingerprint density at radius 2 is 1.60 bits per heavy atom. The largest absolute Gasteiger partial charge is 0.352 e. The van der Waals surface area contributed by atoms with Gasteiger partial charge in [0, 0.05) is 27.5 Å². The van der Waals surface area contributed by atoms with Crippen LogP contribution in [0.4, 0.5) is 11.4 Å². The van der Waals surface area contributed by atoms with Gasteiger partial charge in [0.1, 0.15) is 11.5 Å². The van der Waals surface area contributed by atoms with Crippen molar-refractivity contribution in [2.24, 2.45) is 5.92 Å². The summed E-state index contributed by atoms with van der Waals surface area (Å²) in [6, 6.07) is 28.2. The number of carbonyl (C=O) groups is 3. The quantitative estimate of drug-likeness (QED) is 0.249. The van der Waals surface area contributed by atoms with E-state index in [1.54, 1.807) is 18.2 Å². The maximum Gasteiger partial charge on any atom is 0.238 e. The lowest BCUT2D eigenvalue weighted by Crippen LogP contribution is -2.51. The third-order valence-corrected chi connectivity index (χ3v) is 9.22. The van der Waals surface area contributed by atoms with E-state index in [4.69, 9.17) is 11.6 Å². The van der Waals surface area contributed by atoms with Gasteiger partial charge < -0.3 is 10.2 Å². The lowest BCUT2D eigenvalue weighted by molar-refractivity contribution is -0.121. The van der Waals surface area contributed by atoms with Gasteiger partial charge in [-0.05, 0) is 47.4 Å². The van der Waals surface area contributed by atoms with Crippen LogP contribution in [0.3, 0.4) is 0 Å². The fraction of sp³-hybridized carbons (Fsp3) is 0.194. The normalized spacial score (nSPS) is 23.3. The summed E-state index contributed by atoms with van der Waals surface area (Å²) < 4.78 is 0. The molecule has 1 amide bonds. The van der Waals surface area contributed by atoms with Crippen molar-refractivity contribution in [1.82, 2.24) is 0 Å². The number of para-hydroxylation sites is 1. The van der Waals surface area contributed by atoms with Crippen LogP contribution in [0.1, 0.15) is 50.8 Å². The van der Waals surface area contributed by atoms with Crippen molar-refractivity contribution < 1.29 is 14.4 Å². The van der Waals surface area contributed by atoms with Crippen LogP contribution in [-0.2, 0) is 16.6 Å². The van der Waals surface area contributed by atoms with Crippen molar-refractivity contribution >= 4 is 46.5 Å². The SMILES string of the molecule is CCCc1ccc(C(=O)[C@@H]2[C@@H](C(=O)c3ccccc3)N3c4ccc(Cl)cc4C=C[C@@H]3[C@]23C(=O)Nc2ccccc23)cc1. The van der Waals surface area contributed by atoms with Gasteiger partial charge in [0.15, 0.2) is 11.6 Å². The molecule has 1 fully saturated rings. The van der Waals surface area contributed by atoms with Crippen molar-refractivity contribution in [3.8, 4) is 0 Å². The summed E-state index contributed by atoms with van der Waals surface area (Å²) in [5, 5.41) is 3.64. The Kier molecular flexibility index (Phi) is 6.36. The van der Waals surface area contributed by atoms with Crippen molar-refractivity contribution in [1.29, 1.82) is 0 Å². The summed E-state index contributed by atoms with van der Waals surface area (Å²) in [5.74, 6) is -1.70. The number of benzene rings is 4. The van der Waals surface area contributed by atoms with Gasteiger partial charge in [-0.3, -0.25) is 14.4 Å². The minimum atomic E-state index is -1.33. The average Bonchev–Trinajstić information content (AvgIpc) is 3.49. The molecule has 3 aliphatic heterocycles. The molecule has 0 bridgehead atoms. The van der Waals surface area contributed by atoms with Crippen molar-refractivity contribution in [3.63, 3.8) is 0 Å². The molecule has 6 heteroatoms. The van der Waals surface area contributed by atoms with Crippen LogP contribution in [-0.4, -0.2) is 29.6 Å². The minimum absolute atomic E-state index is 0.202. The number of nitrogens with zero attached hydrogens (tertiary/aromatic N) is 1. The van der Waals surface area contributed by atoms with E-state index in [1.807, 2.05) is 95.9 Å². The topological polar surface area (TPSA) is 66.5 Å². The van der Waals surface area contributed by atoms with Gasteiger partial charge in [-0.1, -0.05) is 110 Å². The Morgan fingerprint density at radius 3 is 2.36 bits per heavy atom. The van der Waals surface area contributed by atoms with Gasteiger partial charge in [-0.2, -0.15) is 0 Å². The van der Waals surface area contributed by atoms with Crippen LogP contribution < -0.4 is 10.2 Å². The van der Waals surface area contributed by atoms with Gasteiger partial charge >= 0.3 is 0 Å². The molecular formula is C36H29ClN2O3. The average molecular weight is 573 g/mol. The zero-order chi connectivity index (χ0) is 29.0. The second-order valence-corrected chi connectivity index (χ2v) is 11.7. The lowest BCUT2D eigenvalue weighted by Gasteiger charge is -2.37. The van der Waals surface area contributed by atoms with Crippen molar-refractivity contribution in [3.05, 3.63) is 136 Å². The van der Waals surface area contributed by atoms with Crippen LogP contribution in [0.25, 0.3) is 6.08 Å². The van der Waals surface area contributed by atoms with Gasteiger partial charge in [-0.15, -0.1) is 0 Å². The molecule has 4 aromatic carbocycles. The fourth-order valence-electron chi connectivity index (χ4n) is 7.23. The summed E-state index contributed by atoms with van der Waals surface area (Å²) in [5.41, 5.74) is 3.79. The van der Waals surface area contributed by atoms with Gasteiger partial charge in [0.25, 0.3) is 0 Å². The van der Waals surface area contributed by atoms with E-state index in [9.17, 15) is 14.4 Å². The van der Waals surface area contributed by atoms with E-state index in [-0.39, 0.29) is 17.5 Å². The van der Waals surface area contributed by atoms with E-state index in [2.05, 4.69) is 12.2 Å². The number of fused-ring (bicyclic) bond motifs is 6. The zero-order valence-electron chi connectivity index (χ0n) is 23.1. The van der Waals surface area contributed by atoms with Crippen LogP contribution in [0.5, 0.6) is 0 Å². The zero-order valence-corrected chi connectivity index (χ0v) is 23.8. The minimum Gasteiger partial charge on any atom is -0.352 e. The number of rotatable bonds is 6. The monoisotopic (exact) mass is 572 g/mol. The molecule has 1 saturated heterocycles. The number of nitrogens with one attached hydrogen (secondary N) is 1. The smallest absolute Gasteiger partial charge is 0.238 e. The Labute approximate surface area is 249 Å². The van der Waals surface area contributed by atoms with Crippen LogP contribution in [0.15, 0.2) is 103 Å². The molecule has 5 nitrogen and oxygen atoms in total. The third-order valence-electron chi connectivity index (χ3n) is 8.98. The van der Waals surface area contributed by atoms with E-state index in [0.29, 0.717) is 21.8 Å². The van der Waals surface area contributed by atoms with Crippen molar-refractivity contribution in [2.75, 3.05) is 10.2 Å². The number of hydrogen-bond acceptors (Lipinski definition) is 4. The molecule has 4 aromatic rings. The predicted octanol–water partition coefficient (Wildman–Crippen LogP) is 7.15. The maximum atomic E-state index is 14.9. The summed E-state index contributed by atoms with van der Waals surface area (Å²) in [4.78, 5) is 45.9. The van der Waals surface area contributed by atoms with Gasteiger partial charge in [0.05, 0.1) is 12.0 Å². The van der Waals surface area contributed by atoms with Crippen LogP contribution in [0, 0.1) is 5.92 Å². The molecule has 42 heavy (non-hydrogen) atoms. The molecule has 0 unspecified atom stereocenters. The first-order chi connectivity index (χ1) is 20.4. The Hall–Kier alpha value is -4.48. The number of hydrogen-bond donors (Lipinski definition) is 1. The Bertz CT molecular complexity index is 1760. The van der Waals surface area contributed by atoms with E-state index in [1.165, 1.54) is 0 Å². The summed E-state index contributed by atoms with van der Waals surface area (Å²) in [6.45, 7) is 2.12. The summed E-state index contributed by atoms with van der Waals surface area (Å²) in [7, 11) is 0. The summed E-state index contributed by atoms with van der Waals surface area (Å²) in [6.07, 6.45) is 5.82. The molecule has 4 atom stereocenters. The molecule has 0 aliphatic carbocycles. The number of amides is 1. The number of halogens is 1. The molecule has 1 spiro atoms. The molecule has 1 N–H and O–H groups in total. The fourth-order valence-corrected chi connectivity index (χ4v) is 7.41. The summed E-state index contributed by atoms with van der Waals surface area (Å²) >= 11 is 6.38. The Morgan fingerprint density at radius 1 is 0.881 bits per heavy atom. The standard InChI is InChI=1S/C36H29ClN2O3/c1-2-8-22-13-15-24(16-14-22)33(40)31-32(34(41)23-9-4-3-5-10-23)39-29-19-18-26(37)21-25(29)17-20-30(39)36(31)27-11-6-7-12-28(27)38-35(36)42/h3-7,9-21,30-32H,2,8H2,1H3,(H,38,42)/t30-,31+,32+,36+/m1/s1. The molecule has 3 heterocycles. The molecule has 7 rings (SSSR count). The lowest BCUT2D eigenvalue weighted by atomic mass is 9.64. The number of ketones is 2. The second kappa shape index (κ2) is 10.1. The first-order valence-electron chi connectivity index (χ1n) is 14.3. The first-order valence-corrected chi connectivity index (χ1v) is 14.7. The van der Waals surface area contributed by atoms with E-state index < -0.39 is 23.4 Å². The molecule has 208 valence electrons. The molecular weight excluding hydrogens is 544 g/mol. The highest BCUT2D eigenvalue weighted by molar-refractivity contribution is 6.31. The molecule has 0 radical (unpaired) electrons. The van der Waals surface area contributed by atoms with E-state index >= 15 is 0 Å². The highest BCUT2D eigenvalue weighted by Gasteiger charge is 2.70. The number of anilines is 2. The first kappa shape index (κ1) is 26.4. The van der Waals surface area contributed by atoms with E-state index in [0.717, 1.165) is 35.2 Å². The Balaban J connectivity index is 1.50. The van der Waals surface area contributed by atoms with Crippen LogP contribution >= 0.6 is 11.6 Å². The number of aryl methyl sites for hydroxylation is 1. The number of Topliss-reactive ketones (excluding diaryl/α,β-unsaturated/α-hetero) is 2. The van der Waals surface area contributed by atoms with Crippen molar-refractivity contribution in [2.45, 2.75) is 37.3 Å².